The number of cyclic esters (lactones) is 1. The Balaban J connectivity index is 1.80. The maximum Gasteiger partial charge on any atom is 0.329 e. The lowest BCUT2D eigenvalue weighted by Crippen LogP contribution is -2.58. The largest absolute Gasteiger partial charge is 0.460 e. The Morgan fingerprint density at radius 1 is 0.722 bits per heavy atom. The number of carbonyl (C=O) groups excluding carboxylic acids is 5. The summed E-state index contributed by atoms with van der Waals surface area (Å²) in [5.74, 6) is -4.06. The van der Waals surface area contributed by atoms with E-state index in [0.717, 1.165) is 66.7 Å². The summed E-state index contributed by atoms with van der Waals surface area (Å²) < 4.78 is 45.5. The number of alkyl halides is 1. The Bertz CT molecular complexity index is 2090. The van der Waals surface area contributed by atoms with Gasteiger partial charge in [-0.2, -0.15) is 0 Å². The van der Waals surface area contributed by atoms with Gasteiger partial charge in [-0.3, -0.25) is 19.2 Å². The summed E-state index contributed by atoms with van der Waals surface area (Å²) in [6.07, 6.45) is 15.3. The van der Waals surface area contributed by atoms with Crippen LogP contribution in [0, 0.1) is 35.5 Å². The molecule has 79 heavy (non-hydrogen) atoms. The molecule has 16 heteroatoms. The Morgan fingerprint density at radius 3 is 1.97 bits per heavy atom. The first-order valence-corrected chi connectivity index (χ1v) is 36.1. The van der Waals surface area contributed by atoms with E-state index in [9.17, 15) is 24.0 Å². The predicted octanol–water partition coefficient (Wildman–Crippen LogP) is 13.5. The van der Waals surface area contributed by atoms with Crippen LogP contribution in [0.25, 0.3) is 0 Å². The van der Waals surface area contributed by atoms with Gasteiger partial charge in [0.1, 0.15) is 24.0 Å². The molecular formula is C63H106ClNO12Si2. The average Bonchev–Trinajstić information content (AvgIpc) is 3.45. The van der Waals surface area contributed by atoms with Crippen molar-refractivity contribution in [1.82, 2.24) is 4.90 Å². The third-order valence-corrected chi connectivity index (χ3v) is 28.9. The molecule has 3 heterocycles. The molecule has 2 bridgehead atoms. The molecule has 4 aliphatic rings. The highest BCUT2D eigenvalue weighted by atomic mass is 35.5. The molecular weight excluding hydrogens is 1050 g/mol. The van der Waals surface area contributed by atoms with Gasteiger partial charge in [-0.1, -0.05) is 124 Å². The Kier molecular flexibility index (Phi) is 28.3. The van der Waals surface area contributed by atoms with E-state index in [2.05, 4.69) is 54.5 Å². The van der Waals surface area contributed by atoms with Gasteiger partial charge in [-0.15, -0.1) is 0 Å². The van der Waals surface area contributed by atoms with Crippen molar-refractivity contribution in [3.63, 3.8) is 0 Å². The van der Waals surface area contributed by atoms with Crippen LogP contribution < -0.4 is 0 Å². The van der Waals surface area contributed by atoms with E-state index in [1.165, 1.54) is 4.90 Å². The summed E-state index contributed by atoms with van der Waals surface area (Å²) in [5.41, 5.74) is 1.69. The zero-order valence-electron chi connectivity index (χ0n) is 51.7. The van der Waals surface area contributed by atoms with E-state index in [-0.39, 0.29) is 66.5 Å². The number of allylic oxidation sites excluding steroid dienone is 6. The molecule has 0 spiro atoms. The molecule has 0 aromatic carbocycles. The van der Waals surface area contributed by atoms with E-state index in [4.69, 9.17) is 44.1 Å². The molecule has 0 radical (unpaired) electrons. The monoisotopic (exact) mass is 1160 g/mol. The number of ether oxygens (including phenoxy) is 5. The molecule has 1 saturated carbocycles. The van der Waals surface area contributed by atoms with Crippen molar-refractivity contribution in [2.75, 3.05) is 27.9 Å². The lowest BCUT2D eigenvalue weighted by Gasteiger charge is -2.42. The molecule has 13 nitrogen and oxygen atoms in total. The number of halogens is 1. The molecule has 2 unspecified atom stereocenters. The zero-order chi connectivity index (χ0) is 58.8. The van der Waals surface area contributed by atoms with Crippen LogP contribution in [0.3, 0.4) is 0 Å². The summed E-state index contributed by atoms with van der Waals surface area (Å²) in [6, 6.07) is 4.67. The van der Waals surface area contributed by atoms with Crippen molar-refractivity contribution in [3.8, 4) is 0 Å². The van der Waals surface area contributed by atoms with Crippen LogP contribution in [0.4, 0.5) is 0 Å². The van der Waals surface area contributed by atoms with E-state index in [0.29, 0.717) is 51.4 Å². The first kappa shape index (κ1) is 68.9. The first-order chi connectivity index (χ1) is 37.5. The number of amides is 1. The number of piperidine rings is 1. The normalized spacial score (nSPS) is 35.8. The second-order valence-corrected chi connectivity index (χ2v) is 34.2. The second-order valence-electron chi connectivity index (χ2n) is 24.2. The number of hydrogen-bond donors (Lipinski definition) is 0. The summed E-state index contributed by atoms with van der Waals surface area (Å²) in [7, 11) is 0.717. The Hall–Kier alpha value is -2.61. The van der Waals surface area contributed by atoms with Crippen LogP contribution in [0.2, 0.25) is 36.3 Å². The third kappa shape index (κ3) is 18.2. The number of nitrogens with zero attached hydrogens (tertiary/aromatic N) is 1. The van der Waals surface area contributed by atoms with Crippen LogP contribution in [0.1, 0.15) is 167 Å². The van der Waals surface area contributed by atoms with Crippen molar-refractivity contribution in [1.29, 1.82) is 0 Å². The Labute approximate surface area is 484 Å². The van der Waals surface area contributed by atoms with Crippen LogP contribution in [0.15, 0.2) is 47.6 Å². The van der Waals surface area contributed by atoms with Crippen LogP contribution in [-0.2, 0) is 56.5 Å². The minimum absolute atomic E-state index is 0.0157. The fourth-order valence-electron chi connectivity index (χ4n) is 12.9. The summed E-state index contributed by atoms with van der Waals surface area (Å²) in [5, 5.41) is -1.95. The molecule has 1 amide bonds. The molecule has 1 aliphatic carbocycles. The van der Waals surface area contributed by atoms with Gasteiger partial charge in [0.05, 0.1) is 30.5 Å². The maximum absolute atomic E-state index is 14.9. The number of ketones is 3. The van der Waals surface area contributed by atoms with Crippen molar-refractivity contribution in [2.45, 2.75) is 257 Å². The SMILES string of the molecule is CC[Si](CC)(CC)O[C@@H]1/C(C)=C/[C@@H](C)C(=O)CC([C@H](C)C[C@@H]2CC[C@@H](O[Si](CC)(CC)CC)[C@H](OC)C2)OC(=O)[C@@H]2CCCCN2C(=O)C(=O)C2(Cl)O[C@@H](CC[C@H]2C)C[C@H](OC)/C(C)=C/C=C/C=C/[C@@H](C)C[C@@H](C)C(=O)[C@@H]1OC. The predicted molar refractivity (Wildman–Crippen MR) is 321 cm³/mol. The molecule has 2 saturated heterocycles. The number of fused-ring (bicyclic) bond motifs is 3. The summed E-state index contributed by atoms with van der Waals surface area (Å²) >= 11 is 7.22. The van der Waals surface area contributed by atoms with Crippen LogP contribution in [-0.4, -0.2) is 132 Å². The molecule has 0 aromatic rings. The van der Waals surface area contributed by atoms with Gasteiger partial charge >= 0.3 is 5.97 Å². The topological polar surface area (TPSA) is 153 Å². The lowest BCUT2D eigenvalue weighted by atomic mass is 9.78. The number of hydrogen-bond acceptors (Lipinski definition) is 12. The fourth-order valence-corrected chi connectivity index (χ4v) is 19.0. The average molecular weight is 1160 g/mol. The van der Waals surface area contributed by atoms with Gasteiger partial charge in [0, 0.05) is 58.5 Å². The molecule has 450 valence electrons. The number of rotatable bonds is 16. The summed E-state index contributed by atoms with van der Waals surface area (Å²) in [4.78, 5) is 74.9. The number of Topliss-reactive ketones (excluding diaryl/α,β-unsaturated/α-hetero) is 3. The van der Waals surface area contributed by atoms with Crippen molar-refractivity contribution >= 4 is 57.5 Å². The lowest BCUT2D eigenvalue weighted by molar-refractivity contribution is -0.174. The van der Waals surface area contributed by atoms with Crippen molar-refractivity contribution in [3.05, 3.63) is 47.6 Å². The number of esters is 1. The first-order valence-electron chi connectivity index (χ1n) is 30.6. The molecule has 3 fully saturated rings. The van der Waals surface area contributed by atoms with Crippen LogP contribution >= 0.6 is 11.6 Å². The van der Waals surface area contributed by atoms with Crippen molar-refractivity contribution in [2.24, 2.45) is 35.5 Å². The van der Waals surface area contributed by atoms with E-state index in [1.54, 1.807) is 21.3 Å². The third-order valence-electron chi connectivity index (χ3n) is 19.0. The molecule has 4 rings (SSSR count). The highest BCUT2D eigenvalue weighted by Crippen LogP contribution is 2.42. The zero-order valence-corrected chi connectivity index (χ0v) is 54.5. The molecule has 0 N–H and O–H groups in total. The highest BCUT2D eigenvalue weighted by Gasteiger charge is 2.53. The smallest absolute Gasteiger partial charge is 0.329 e. The van der Waals surface area contributed by atoms with Crippen LogP contribution in [0.5, 0.6) is 0 Å². The van der Waals surface area contributed by atoms with Gasteiger partial charge < -0.3 is 37.4 Å². The molecule has 15 atom stereocenters. The standard InChI is InChI=1S/C63H106ClNO12Si2/c1-17-78(18-2,19-3)76-53-34-32-49(39-56(53)72-15)38-45(10)55-41-52(66)44(9)37-47(12)58(77-79(20-4,21-5)22-6)59(73-16)57(67)46(11)36-42(7)28-24-23-25-29-43(8)54(71-14)40-50-33-31-48(13)63(64,75-50)60(68)61(69)65-35-27-26-30-51(65)62(70)74-55/h23-25,28-29,37,42,44-46,48-51,53-56,58-59H,17-22,26-27,30-36,38-41H2,1-16H3/b25-23+,28-24+,43-29+,47-37+/t42-,44-,45-,46-,48-,49+,50+,51+,53-,54+,55?,56-,58-,59+,63?/m1/s1. The second kappa shape index (κ2) is 32.5. The molecule has 3 aliphatic heterocycles. The van der Waals surface area contributed by atoms with E-state index < -0.39 is 81.6 Å². The number of methoxy groups -OCH3 is 3. The van der Waals surface area contributed by atoms with E-state index >= 15 is 0 Å². The van der Waals surface area contributed by atoms with Gasteiger partial charge in [-0.25, -0.2) is 4.79 Å². The Morgan fingerprint density at radius 2 is 1.37 bits per heavy atom. The maximum atomic E-state index is 14.9. The minimum atomic E-state index is -2.35. The van der Waals surface area contributed by atoms with Gasteiger partial charge in [0.2, 0.25) is 5.06 Å². The number of carbonyl (C=O) groups is 5. The van der Waals surface area contributed by atoms with Gasteiger partial charge in [0.15, 0.2) is 22.4 Å². The highest BCUT2D eigenvalue weighted by molar-refractivity contribution is 6.74. The molecule has 0 aromatic heterocycles. The fraction of sp³-hybridized carbons (Fsp3) is 0.794. The summed E-state index contributed by atoms with van der Waals surface area (Å²) in [6.45, 7) is 27.0. The minimum Gasteiger partial charge on any atom is -0.460 e. The van der Waals surface area contributed by atoms with Gasteiger partial charge in [0.25, 0.3) is 11.7 Å². The van der Waals surface area contributed by atoms with E-state index in [1.807, 2.05) is 71.9 Å². The van der Waals surface area contributed by atoms with Crippen molar-refractivity contribution < 1.29 is 56.5 Å². The quantitative estimate of drug-likeness (QED) is 0.0475. The van der Waals surface area contributed by atoms with Gasteiger partial charge in [-0.05, 0) is 143 Å².